The van der Waals surface area contributed by atoms with Gasteiger partial charge >= 0.3 is 0 Å². The van der Waals surface area contributed by atoms with E-state index in [2.05, 4.69) is 29.4 Å². The number of benzene rings is 1. The summed E-state index contributed by atoms with van der Waals surface area (Å²) in [4.78, 5) is 2.29. The molecule has 0 saturated heterocycles. The van der Waals surface area contributed by atoms with Gasteiger partial charge in [-0.25, -0.2) is 0 Å². The SMILES string of the molecule is CNCC1CN(C)c2cccc(OC)c21. The van der Waals surface area contributed by atoms with Crippen LogP contribution in [0.4, 0.5) is 5.69 Å². The molecule has 0 aliphatic carbocycles. The molecule has 0 radical (unpaired) electrons. The van der Waals surface area contributed by atoms with Gasteiger partial charge < -0.3 is 15.0 Å². The second-order valence-corrected chi connectivity index (χ2v) is 4.03. The summed E-state index contributed by atoms with van der Waals surface area (Å²) in [7, 11) is 5.87. The molecule has 2 rings (SSSR count). The van der Waals surface area contributed by atoms with Crippen molar-refractivity contribution in [3.8, 4) is 5.75 Å². The zero-order valence-corrected chi connectivity index (χ0v) is 9.58. The minimum Gasteiger partial charge on any atom is -0.496 e. The van der Waals surface area contributed by atoms with Gasteiger partial charge in [-0.2, -0.15) is 0 Å². The molecule has 1 aromatic carbocycles. The molecule has 1 atom stereocenters. The molecule has 0 saturated carbocycles. The van der Waals surface area contributed by atoms with E-state index in [1.165, 1.54) is 11.3 Å². The van der Waals surface area contributed by atoms with E-state index < -0.39 is 0 Å². The van der Waals surface area contributed by atoms with E-state index in [9.17, 15) is 0 Å². The summed E-state index contributed by atoms with van der Waals surface area (Å²) in [5.74, 6) is 1.54. The predicted octanol–water partition coefficient (Wildman–Crippen LogP) is 1.45. The Labute approximate surface area is 91.0 Å². The molecular formula is C12H18N2O. The van der Waals surface area contributed by atoms with E-state index >= 15 is 0 Å². The number of anilines is 1. The number of nitrogens with one attached hydrogen (secondary N) is 1. The molecule has 1 aliphatic rings. The van der Waals surface area contributed by atoms with Gasteiger partial charge in [-0.15, -0.1) is 0 Å². The van der Waals surface area contributed by atoms with Crippen molar-refractivity contribution in [3.05, 3.63) is 23.8 Å². The fourth-order valence-corrected chi connectivity index (χ4v) is 2.39. The first-order valence-electron chi connectivity index (χ1n) is 5.30. The lowest BCUT2D eigenvalue weighted by Gasteiger charge is -2.12. The standard InChI is InChI=1S/C12H18N2O/c1-13-7-9-8-14(2)10-5-4-6-11(15-3)12(9)10/h4-6,9,13H,7-8H2,1-3H3. The van der Waals surface area contributed by atoms with E-state index in [1.807, 2.05) is 13.1 Å². The second-order valence-electron chi connectivity index (χ2n) is 4.03. The highest BCUT2D eigenvalue weighted by Gasteiger charge is 2.28. The number of hydrogen-bond acceptors (Lipinski definition) is 3. The Morgan fingerprint density at radius 3 is 3.00 bits per heavy atom. The fraction of sp³-hybridized carbons (Fsp3) is 0.500. The quantitative estimate of drug-likeness (QED) is 0.810. The number of fused-ring (bicyclic) bond motifs is 1. The zero-order chi connectivity index (χ0) is 10.8. The van der Waals surface area contributed by atoms with E-state index in [0.29, 0.717) is 5.92 Å². The lowest BCUT2D eigenvalue weighted by Crippen LogP contribution is -2.22. The minimum absolute atomic E-state index is 0.533. The van der Waals surface area contributed by atoms with Crippen LogP contribution >= 0.6 is 0 Å². The smallest absolute Gasteiger partial charge is 0.124 e. The molecule has 3 nitrogen and oxygen atoms in total. The van der Waals surface area contributed by atoms with E-state index in [0.717, 1.165) is 18.8 Å². The lowest BCUT2D eigenvalue weighted by molar-refractivity contribution is 0.407. The van der Waals surface area contributed by atoms with Gasteiger partial charge in [0.25, 0.3) is 0 Å². The van der Waals surface area contributed by atoms with Gasteiger partial charge in [0.1, 0.15) is 5.75 Å². The average Bonchev–Trinajstić information content (AvgIpc) is 2.57. The number of ether oxygens (including phenoxy) is 1. The van der Waals surface area contributed by atoms with Crippen LogP contribution in [0.5, 0.6) is 5.75 Å². The molecule has 0 fully saturated rings. The van der Waals surface area contributed by atoms with Gasteiger partial charge in [0.2, 0.25) is 0 Å². The van der Waals surface area contributed by atoms with E-state index in [4.69, 9.17) is 4.74 Å². The van der Waals surface area contributed by atoms with Gasteiger partial charge in [0.15, 0.2) is 0 Å². The Hall–Kier alpha value is -1.22. The summed E-state index contributed by atoms with van der Waals surface area (Å²) in [5.41, 5.74) is 2.64. The average molecular weight is 206 g/mol. The molecule has 1 unspecified atom stereocenters. The lowest BCUT2D eigenvalue weighted by atomic mass is 10.0. The van der Waals surface area contributed by atoms with E-state index in [1.54, 1.807) is 7.11 Å². The summed E-state index contributed by atoms with van der Waals surface area (Å²) in [6.07, 6.45) is 0. The molecule has 15 heavy (non-hydrogen) atoms. The van der Waals surface area contributed by atoms with Gasteiger partial charge in [0, 0.05) is 37.3 Å². The van der Waals surface area contributed by atoms with Crippen LogP contribution in [0.25, 0.3) is 0 Å². The molecule has 0 amide bonds. The number of hydrogen-bond donors (Lipinski definition) is 1. The molecule has 0 aromatic heterocycles. The summed E-state index contributed by atoms with van der Waals surface area (Å²) in [6.45, 7) is 2.06. The molecular weight excluding hydrogens is 188 g/mol. The van der Waals surface area contributed by atoms with Crippen molar-refractivity contribution < 1.29 is 4.74 Å². The topological polar surface area (TPSA) is 24.5 Å². The Kier molecular flexibility index (Phi) is 2.82. The molecule has 3 heteroatoms. The third-order valence-electron chi connectivity index (χ3n) is 3.03. The molecule has 0 bridgehead atoms. The van der Waals surface area contributed by atoms with Crippen molar-refractivity contribution in [2.24, 2.45) is 0 Å². The number of likely N-dealkylation sites (N-methyl/N-ethyl adjacent to an activating group) is 2. The fourth-order valence-electron chi connectivity index (χ4n) is 2.39. The predicted molar refractivity (Wildman–Crippen MR) is 62.9 cm³/mol. The highest BCUT2D eigenvalue weighted by Crippen LogP contribution is 2.40. The molecule has 1 aromatic rings. The van der Waals surface area contributed by atoms with Crippen molar-refractivity contribution in [2.75, 3.05) is 39.2 Å². The number of rotatable bonds is 3. The van der Waals surface area contributed by atoms with Crippen molar-refractivity contribution in [2.45, 2.75) is 5.92 Å². The molecule has 82 valence electrons. The van der Waals surface area contributed by atoms with E-state index in [-0.39, 0.29) is 0 Å². The van der Waals surface area contributed by atoms with Crippen LogP contribution in [0, 0.1) is 0 Å². The van der Waals surface area contributed by atoms with Crippen LogP contribution in [-0.2, 0) is 0 Å². The van der Waals surface area contributed by atoms with Crippen molar-refractivity contribution in [1.82, 2.24) is 5.32 Å². The molecule has 1 heterocycles. The Balaban J connectivity index is 2.41. The molecule has 1 N–H and O–H groups in total. The highest BCUT2D eigenvalue weighted by atomic mass is 16.5. The van der Waals surface area contributed by atoms with Gasteiger partial charge in [-0.05, 0) is 19.2 Å². The minimum atomic E-state index is 0.533. The summed E-state index contributed by atoms with van der Waals surface area (Å²) in [6, 6.07) is 6.25. The third kappa shape index (κ3) is 1.67. The first-order valence-corrected chi connectivity index (χ1v) is 5.30. The maximum atomic E-state index is 5.43. The maximum Gasteiger partial charge on any atom is 0.124 e. The van der Waals surface area contributed by atoms with Crippen molar-refractivity contribution >= 4 is 5.69 Å². The number of methoxy groups -OCH3 is 1. The largest absolute Gasteiger partial charge is 0.496 e. The molecule has 1 aliphatic heterocycles. The first-order chi connectivity index (χ1) is 7.27. The third-order valence-corrected chi connectivity index (χ3v) is 3.03. The summed E-state index contributed by atoms with van der Waals surface area (Å²) < 4.78 is 5.43. The normalized spacial score (nSPS) is 19.1. The van der Waals surface area contributed by atoms with Gasteiger partial charge in [-0.1, -0.05) is 6.07 Å². The van der Waals surface area contributed by atoms with Crippen LogP contribution in [0.1, 0.15) is 11.5 Å². The summed E-state index contributed by atoms with van der Waals surface area (Å²) >= 11 is 0. The first kappa shape index (κ1) is 10.3. The zero-order valence-electron chi connectivity index (χ0n) is 9.58. The molecule has 0 spiro atoms. The van der Waals surface area contributed by atoms with Crippen LogP contribution in [-0.4, -0.2) is 34.3 Å². The van der Waals surface area contributed by atoms with Crippen LogP contribution in [0.15, 0.2) is 18.2 Å². The van der Waals surface area contributed by atoms with Crippen LogP contribution in [0.3, 0.4) is 0 Å². The number of nitrogens with zero attached hydrogens (tertiary/aromatic N) is 1. The highest BCUT2D eigenvalue weighted by molar-refractivity contribution is 5.65. The van der Waals surface area contributed by atoms with Gasteiger partial charge in [0.05, 0.1) is 7.11 Å². The van der Waals surface area contributed by atoms with Crippen LogP contribution in [0.2, 0.25) is 0 Å². The van der Waals surface area contributed by atoms with Gasteiger partial charge in [-0.3, -0.25) is 0 Å². The Bertz CT molecular complexity index is 351. The summed E-state index contributed by atoms with van der Waals surface area (Å²) in [5, 5.41) is 3.24. The monoisotopic (exact) mass is 206 g/mol. The Morgan fingerprint density at radius 1 is 1.53 bits per heavy atom. The van der Waals surface area contributed by atoms with Crippen molar-refractivity contribution in [1.29, 1.82) is 0 Å². The van der Waals surface area contributed by atoms with Crippen molar-refractivity contribution in [3.63, 3.8) is 0 Å². The maximum absolute atomic E-state index is 5.43. The second kappa shape index (κ2) is 4.11. The van der Waals surface area contributed by atoms with Crippen LogP contribution < -0.4 is 15.0 Å². The Morgan fingerprint density at radius 2 is 2.33 bits per heavy atom.